The first-order valence-corrected chi connectivity index (χ1v) is 15.3. The third-order valence-corrected chi connectivity index (χ3v) is 8.63. The van der Waals surface area contributed by atoms with Gasteiger partial charge in [-0.3, -0.25) is 24.3 Å². The Balaban J connectivity index is 1.32. The van der Waals surface area contributed by atoms with Crippen molar-refractivity contribution in [3.63, 3.8) is 0 Å². The van der Waals surface area contributed by atoms with E-state index in [1.807, 2.05) is 5.32 Å². The highest BCUT2D eigenvalue weighted by molar-refractivity contribution is 5.99. The van der Waals surface area contributed by atoms with Crippen LogP contribution in [0.5, 0.6) is 0 Å². The Morgan fingerprint density at radius 2 is 1.81 bits per heavy atom. The molecule has 1 aliphatic carbocycles. The van der Waals surface area contributed by atoms with Gasteiger partial charge in [-0.1, -0.05) is 52.5 Å². The molecule has 2 aromatic rings. The molecule has 232 valence electrons. The molecule has 2 fully saturated rings. The third-order valence-electron chi connectivity index (χ3n) is 8.63. The second kappa shape index (κ2) is 14.0. The molecule has 4 unspecified atom stereocenters. The third kappa shape index (κ3) is 7.71. The molecule has 1 aliphatic heterocycles. The maximum atomic E-state index is 13.9. The molecule has 1 saturated heterocycles. The minimum absolute atomic E-state index is 0.0101. The number of benzene rings is 1. The summed E-state index contributed by atoms with van der Waals surface area (Å²) in [6.07, 6.45) is 3.60. The number of piperidine rings is 1. The smallest absolute Gasteiger partial charge is 0.384 e. The summed E-state index contributed by atoms with van der Waals surface area (Å²) in [6.45, 7) is 8.19. The number of rotatable bonds is 12. The van der Waals surface area contributed by atoms with E-state index in [1.165, 1.54) is 18.9 Å². The fourth-order valence-corrected chi connectivity index (χ4v) is 6.33. The highest BCUT2D eigenvalue weighted by Crippen LogP contribution is 2.36. The number of nitrogens with zero attached hydrogens (tertiary/aromatic N) is 2. The van der Waals surface area contributed by atoms with Gasteiger partial charge in [0.2, 0.25) is 17.6 Å². The molecule has 1 aromatic heterocycles. The molecular formula is C31H43F3N4O4. The predicted octanol–water partition coefficient (Wildman–Crippen LogP) is 6.23. The lowest BCUT2D eigenvalue weighted by molar-refractivity contribution is -0.150. The Kier molecular flexibility index (Phi) is 10.7. The van der Waals surface area contributed by atoms with Crippen LogP contribution in [0.15, 0.2) is 23.0 Å². The van der Waals surface area contributed by atoms with Gasteiger partial charge in [-0.05, 0) is 62.0 Å². The van der Waals surface area contributed by atoms with Crippen molar-refractivity contribution in [3.05, 3.63) is 34.4 Å². The minimum Gasteiger partial charge on any atom is -0.384 e. The zero-order valence-corrected chi connectivity index (χ0v) is 24.8. The first kappa shape index (κ1) is 32.0. The highest BCUT2D eigenvalue weighted by Gasteiger charge is 2.42. The molecule has 2 heterocycles. The molecule has 0 radical (unpaired) electrons. The molecule has 1 saturated carbocycles. The van der Waals surface area contributed by atoms with E-state index in [9.17, 15) is 27.6 Å². The summed E-state index contributed by atoms with van der Waals surface area (Å²) in [5.41, 5.74) is -0.695. The van der Waals surface area contributed by atoms with E-state index in [0.717, 1.165) is 51.0 Å². The molecule has 0 spiro atoms. The van der Waals surface area contributed by atoms with Gasteiger partial charge in [0.15, 0.2) is 0 Å². The Bertz CT molecular complexity index is 1310. The van der Waals surface area contributed by atoms with Gasteiger partial charge in [-0.2, -0.15) is 13.2 Å². The Morgan fingerprint density at radius 1 is 1.07 bits per heavy atom. The lowest BCUT2D eigenvalue weighted by Crippen LogP contribution is -2.46. The maximum absolute atomic E-state index is 13.9. The van der Waals surface area contributed by atoms with Gasteiger partial charge >= 0.3 is 6.18 Å². The molecule has 2 N–H and O–H groups in total. The second-order valence-corrected chi connectivity index (χ2v) is 12.2. The van der Waals surface area contributed by atoms with E-state index < -0.39 is 35.4 Å². The summed E-state index contributed by atoms with van der Waals surface area (Å²) < 4.78 is 48.5. The van der Waals surface area contributed by atoms with Gasteiger partial charge in [-0.15, -0.1) is 0 Å². The number of unbranched alkanes of at least 4 members (excludes halogenated alkanes) is 4. The van der Waals surface area contributed by atoms with Crippen LogP contribution in [0.3, 0.4) is 0 Å². The zero-order chi connectivity index (χ0) is 30.4. The summed E-state index contributed by atoms with van der Waals surface area (Å²) >= 11 is 0. The van der Waals surface area contributed by atoms with E-state index in [4.69, 9.17) is 4.74 Å². The number of nitrogens with one attached hydrogen (secondary N) is 2. The Labute approximate surface area is 244 Å². The van der Waals surface area contributed by atoms with Crippen LogP contribution in [0.1, 0.15) is 96.8 Å². The van der Waals surface area contributed by atoms with Crippen LogP contribution < -0.4 is 16.2 Å². The zero-order valence-electron chi connectivity index (χ0n) is 24.8. The molecule has 4 atom stereocenters. The number of halogens is 3. The predicted molar refractivity (Wildman–Crippen MR) is 155 cm³/mol. The van der Waals surface area contributed by atoms with E-state index in [1.54, 1.807) is 12.1 Å². The number of aromatic nitrogens is 2. The van der Waals surface area contributed by atoms with Gasteiger partial charge in [0, 0.05) is 25.3 Å². The fourth-order valence-electron chi connectivity index (χ4n) is 6.33. The second-order valence-electron chi connectivity index (χ2n) is 12.2. The van der Waals surface area contributed by atoms with Gasteiger partial charge in [0.05, 0.1) is 17.0 Å². The Morgan fingerprint density at radius 3 is 2.52 bits per heavy atom. The number of imide groups is 1. The molecule has 42 heavy (non-hydrogen) atoms. The normalized spacial score (nSPS) is 23.4. The van der Waals surface area contributed by atoms with Gasteiger partial charge < -0.3 is 10.1 Å². The fraction of sp³-hybridized carbons (Fsp3) is 0.677. The Hall–Kier alpha value is -2.95. The van der Waals surface area contributed by atoms with Gasteiger partial charge in [-0.25, -0.2) is 4.98 Å². The van der Waals surface area contributed by atoms with Crippen LogP contribution in [0.2, 0.25) is 0 Å². The van der Waals surface area contributed by atoms with Gasteiger partial charge in [0.25, 0.3) is 5.56 Å². The van der Waals surface area contributed by atoms with Crippen LogP contribution in [0, 0.1) is 17.8 Å². The van der Waals surface area contributed by atoms with Crippen LogP contribution in [-0.4, -0.2) is 40.6 Å². The van der Waals surface area contributed by atoms with Crippen molar-refractivity contribution in [1.29, 1.82) is 0 Å². The number of fused-ring (bicyclic) bond motifs is 1. The van der Waals surface area contributed by atoms with Gasteiger partial charge in [0.1, 0.15) is 6.04 Å². The van der Waals surface area contributed by atoms with Crippen molar-refractivity contribution in [2.45, 2.75) is 103 Å². The molecule has 0 bridgehead atoms. The van der Waals surface area contributed by atoms with E-state index in [2.05, 4.69) is 31.1 Å². The van der Waals surface area contributed by atoms with E-state index >= 15 is 0 Å². The topological polar surface area (TPSA) is 102 Å². The van der Waals surface area contributed by atoms with Crippen LogP contribution in [0.25, 0.3) is 10.9 Å². The van der Waals surface area contributed by atoms with Crippen molar-refractivity contribution in [2.24, 2.45) is 17.8 Å². The number of hydrogen-bond donors (Lipinski definition) is 2. The standard InChI is InChI=1S/C31H43F3N4O4/c1-19(2)21-13-12-20(3)18-25(21)42-17-8-6-4-5-7-16-35-22-10-9-11-23-27(22)29(41)38(30(36-23)31(32,33)34)24-14-15-26(39)37-28(24)40/h9-11,19-21,24-25,35H,4-8,12-18H2,1-3H3,(H,37,39,40). The molecule has 8 nitrogen and oxygen atoms in total. The molecule has 2 aliphatic rings. The average Bonchev–Trinajstić information content (AvgIpc) is 2.92. The van der Waals surface area contributed by atoms with E-state index in [0.29, 0.717) is 34.7 Å². The number of carbonyl (C=O) groups is 2. The summed E-state index contributed by atoms with van der Waals surface area (Å²) in [4.78, 5) is 41.2. The van der Waals surface area contributed by atoms with Crippen molar-refractivity contribution >= 4 is 28.4 Å². The molecular weight excluding hydrogens is 549 g/mol. The summed E-state index contributed by atoms with van der Waals surface area (Å²) in [5, 5.41) is 5.21. The van der Waals surface area contributed by atoms with Crippen molar-refractivity contribution < 1.29 is 27.5 Å². The quantitative estimate of drug-likeness (QED) is 0.224. The minimum atomic E-state index is -4.96. The number of hydrogen-bond acceptors (Lipinski definition) is 6. The average molecular weight is 593 g/mol. The SMILES string of the molecule is CC1CCC(C(C)C)C(OCCCCCCCNc2cccc3nc(C(F)(F)F)n(C4CCC(=O)NC4=O)c(=O)c23)C1. The monoisotopic (exact) mass is 592 g/mol. The maximum Gasteiger partial charge on any atom is 0.449 e. The van der Waals surface area contributed by atoms with Crippen molar-refractivity contribution in [2.75, 3.05) is 18.5 Å². The summed E-state index contributed by atoms with van der Waals surface area (Å²) in [6, 6.07) is 3.05. The van der Waals surface area contributed by atoms with Crippen LogP contribution in [-0.2, 0) is 20.5 Å². The highest BCUT2D eigenvalue weighted by atomic mass is 19.4. The molecule has 4 rings (SSSR count). The number of alkyl halides is 3. The first-order chi connectivity index (χ1) is 20.0. The molecule has 1 aromatic carbocycles. The van der Waals surface area contributed by atoms with Crippen molar-refractivity contribution in [1.82, 2.24) is 14.9 Å². The van der Waals surface area contributed by atoms with Crippen LogP contribution >= 0.6 is 0 Å². The molecule has 11 heteroatoms. The number of amides is 2. The molecule has 2 amide bonds. The van der Waals surface area contributed by atoms with E-state index in [-0.39, 0.29) is 23.7 Å². The first-order valence-electron chi connectivity index (χ1n) is 15.3. The number of ether oxygens (including phenoxy) is 1. The largest absolute Gasteiger partial charge is 0.449 e. The number of anilines is 1. The van der Waals surface area contributed by atoms with Crippen LogP contribution in [0.4, 0.5) is 18.9 Å². The van der Waals surface area contributed by atoms with Crippen molar-refractivity contribution in [3.8, 4) is 0 Å². The summed E-state index contributed by atoms with van der Waals surface area (Å²) in [7, 11) is 0. The lowest BCUT2D eigenvalue weighted by Gasteiger charge is -2.37. The summed E-state index contributed by atoms with van der Waals surface area (Å²) in [5.74, 6) is -0.969. The number of carbonyl (C=O) groups excluding carboxylic acids is 2. The lowest BCUT2D eigenvalue weighted by atomic mass is 9.75.